The topological polar surface area (TPSA) is 89.7 Å². The van der Waals surface area contributed by atoms with Crippen LogP contribution in [-0.2, 0) is 16.0 Å². The van der Waals surface area contributed by atoms with Gasteiger partial charge in [-0.05, 0) is 0 Å². The van der Waals surface area contributed by atoms with Gasteiger partial charge >= 0.3 is 5.97 Å². The van der Waals surface area contributed by atoms with Gasteiger partial charge in [0.25, 0.3) is 0 Å². The molecule has 8 heteroatoms. The van der Waals surface area contributed by atoms with Crippen molar-refractivity contribution < 1.29 is 19.4 Å². The third-order valence-corrected chi connectivity index (χ3v) is 3.83. The molecule has 1 spiro atoms. The van der Waals surface area contributed by atoms with Crippen LogP contribution in [0.2, 0.25) is 0 Å². The summed E-state index contributed by atoms with van der Waals surface area (Å²) in [5.41, 5.74) is -0.0182. The van der Waals surface area contributed by atoms with Crippen molar-refractivity contribution in [3.05, 3.63) is 11.9 Å². The van der Waals surface area contributed by atoms with Gasteiger partial charge in [0, 0.05) is 32.5 Å². The molecule has 20 heavy (non-hydrogen) atoms. The van der Waals surface area contributed by atoms with Gasteiger partial charge in [-0.1, -0.05) is 5.21 Å². The molecule has 3 heterocycles. The smallest absolute Gasteiger partial charge is 0.358 e. The van der Waals surface area contributed by atoms with Gasteiger partial charge in [0.15, 0.2) is 11.5 Å². The molecule has 2 fully saturated rings. The van der Waals surface area contributed by atoms with Crippen molar-refractivity contribution in [3.8, 4) is 0 Å². The molecule has 1 N–H and O–H groups in total. The number of aromatic nitrogens is 3. The zero-order chi connectivity index (χ0) is 14.0. The van der Waals surface area contributed by atoms with Crippen molar-refractivity contribution in [2.24, 2.45) is 0 Å². The number of carboxylic acid groups (broad SMARTS) is 1. The minimum absolute atomic E-state index is 0.0182. The number of nitrogens with zero attached hydrogens (tertiary/aromatic N) is 4. The van der Waals surface area contributed by atoms with Crippen LogP contribution in [0.3, 0.4) is 0 Å². The predicted octanol–water partition coefficient (Wildman–Crippen LogP) is -0.185. The van der Waals surface area contributed by atoms with E-state index in [9.17, 15) is 4.79 Å². The number of carboxylic acids is 1. The van der Waals surface area contributed by atoms with Crippen LogP contribution in [-0.4, -0.2) is 69.6 Å². The highest BCUT2D eigenvalue weighted by atomic mass is 16.7. The van der Waals surface area contributed by atoms with Crippen molar-refractivity contribution in [2.75, 3.05) is 32.8 Å². The van der Waals surface area contributed by atoms with Crippen LogP contribution in [0.25, 0.3) is 0 Å². The number of rotatable bonds is 4. The Bertz CT molecular complexity index is 474. The number of ether oxygens (including phenoxy) is 2. The van der Waals surface area contributed by atoms with Crippen LogP contribution in [0.1, 0.15) is 23.3 Å². The Hall–Kier alpha value is -1.51. The van der Waals surface area contributed by atoms with Crippen LogP contribution in [0, 0.1) is 0 Å². The molecule has 1 aromatic rings. The van der Waals surface area contributed by atoms with Crippen LogP contribution >= 0.6 is 0 Å². The molecule has 0 bridgehead atoms. The molecular formula is C12H18N4O4. The summed E-state index contributed by atoms with van der Waals surface area (Å²) < 4.78 is 12.9. The van der Waals surface area contributed by atoms with E-state index < -0.39 is 5.97 Å². The first-order valence-electron chi connectivity index (χ1n) is 6.81. The Morgan fingerprint density at radius 2 is 2.00 bits per heavy atom. The van der Waals surface area contributed by atoms with Crippen molar-refractivity contribution in [1.29, 1.82) is 0 Å². The van der Waals surface area contributed by atoms with Crippen molar-refractivity contribution in [2.45, 2.75) is 25.2 Å². The van der Waals surface area contributed by atoms with Gasteiger partial charge in [0.05, 0.1) is 26.0 Å². The Kier molecular flexibility index (Phi) is 3.68. The van der Waals surface area contributed by atoms with Crippen molar-refractivity contribution in [3.63, 3.8) is 0 Å². The lowest BCUT2D eigenvalue weighted by molar-refractivity contribution is -0.185. The van der Waals surface area contributed by atoms with Crippen LogP contribution in [0.15, 0.2) is 6.20 Å². The van der Waals surface area contributed by atoms with Crippen LogP contribution < -0.4 is 0 Å². The Balaban J connectivity index is 1.46. The lowest BCUT2D eigenvalue weighted by atomic mass is 10.0. The van der Waals surface area contributed by atoms with E-state index in [4.69, 9.17) is 14.6 Å². The average molecular weight is 282 g/mol. The first-order chi connectivity index (χ1) is 9.67. The Morgan fingerprint density at radius 3 is 2.60 bits per heavy atom. The quantitative estimate of drug-likeness (QED) is 0.819. The highest BCUT2D eigenvalue weighted by Crippen LogP contribution is 2.30. The number of aromatic carboxylic acids is 1. The molecule has 2 saturated heterocycles. The Labute approximate surface area is 116 Å². The van der Waals surface area contributed by atoms with E-state index in [0.717, 1.165) is 32.5 Å². The normalized spacial score (nSPS) is 22.4. The van der Waals surface area contributed by atoms with Crippen molar-refractivity contribution >= 4 is 5.97 Å². The van der Waals surface area contributed by atoms with E-state index >= 15 is 0 Å². The third-order valence-electron chi connectivity index (χ3n) is 3.83. The molecule has 3 rings (SSSR count). The second-order valence-corrected chi connectivity index (χ2v) is 5.12. The number of hydrogen-bond acceptors (Lipinski definition) is 6. The minimum Gasteiger partial charge on any atom is -0.476 e. The minimum atomic E-state index is -1.05. The lowest BCUT2D eigenvalue weighted by Crippen LogP contribution is -2.45. The third kappa shape index (κ3) is 2.82. The summed E-state index contributed by atoms with van der Waals surface area (Å²) in [5, 5.41) is 16.2. The number of hydrogen-bond donors (Lipinski definition) is 1. The van der Waals surface area contributed by atoms with Gasteiger partial charge in [0.2, 0.25) is 0 Å². The second kappa shape index (κ2) is 5.47. The second-order valence-electron chi connectivity index (χ2n) is 5.12. The summed E-state index contributed by atoms with van der Waals surface area (Å²) >= 11 is 0. The SMILES string of the molecule is O=C(O)c1cn(CCN2CCC3(CC2)OCCO3)nn1. The summed E-state index contributed by atoms with van der Waals surface area (Å²) in [6, 6.07) is 0. The van der Waals surface area contributed by atoms with Gasteiger partial charge in [-0.25, -0.2) is 4.79 Å². The fourth-order valence-corrected chi connectivity index (χ4v) is 2.65. The molecule has 0 saturated carbocycles. The standard InChI is InChI=1S/C12H18N4O4/c17-11(18)10-9-16(14-13-10)6-5-15-3-1-12(2-4-15)19-7-8-20-12/h9H,1-8H2,(H,17,18). The molecule has 0 amide bonds. The highest BCUT2D eigenvalue weighted by molar-refractivity contribution is 5.84. The van der Waals surface area contributed by atoms with Gasteiger partial charge < -0.3 is 19.5 Å². The maximum absolute atomic E-state index is 10.7. The Morgan fingerprint density at radius 1 is 1.30 bits per heavy atom. The van der Waals surface area contributed by atoms with Crippen molar-refractivity contribution in [1.82, 2.24) is 19.9 Å². The van der Waals surface area contributed by atoms with E-state index in [1.807, 2.05) is 0 Å². The monoisotopic (exact) mass is 282 g/mol. The molecule has 0 unspecified atom stereocenters. The van der Waals surface area contributed by atoms with Gasteiger partial charge in [-0.2, -0.15) is 0 Å². The number of carbonyl (C=O) groups is 1. The summed E-state index contributed by atoms with van der Waals surface area (Å²) in [6.45, 7) is 4.67. The van der Waals surface area contributed by atoms with Crippen LogP contribution in [0.5, 0.6) is 0 Å². The summed E-state index contributed by atoms with van der Waals surface area (Å²) in [7, 11) is 0. The first-order valence-corrected chi connectivity index (χ1v) is 6.81. The molecule has 0 aliphatic carbocycles. The summed E-state index contributed by atoms with van der Waals surface area (Å²) in [6.07, 6.45) is 3.21. The lowest BCUT2D eigenvalue weighted by Gasteiger charge is -2.37. The zero-order valence-corrected chi connectivity index (χ0v) is 11.2. The van der Waals surface area contributed by atoms with E-state index in [0.29, 0.717) is 19.8 Å². The molecule has 2 aliphatic rings. The molecule has 1 aromatic heterocycles. The van der Waals surface area contributed by atoms with Gasteiger partial charge in [-0.15, -0.1) is 5.10 Å². The molecular weight excluding hydrogens is 264 g/mol. The van der Waals surface area contributed by atoms with E-state index in [1.54, 1.807) is 4.68 Å². The van der Waals surface area contributed by atoms with E-state index in [2.05, 4.69) is 15.2 Å². The van der Waals surface area contributed by atoms with E-state index in [-0.39, 0.29) is 11.5 Å². The number of piperidine rings is 1. The number of likely N-dealkylation sites (tertiary alicyclic amines) is 1. The fraction of sp³-hybridized carbons (Fsp3) is 0.750. The molecule has 0 radical (unpaired) electrons. The highest BCUT2D eigenvalue weighted by Gasteiger charge is 2.39. The van der Waals surface area contributed by atoms with E-state index in [1.165, 1.54) is 6.20 Å². The molecule has 0 aromatic carbocycles. The summed E-state index contributed by atoms with van der Waals surface area (Å²) in [4.78, 5) is 13.0. The van der Waals surface area contributed by atoms with Crippen LogP contribution in [0.4, 0.5) is 0 Å². The molecule has 110 valence electrons. The van der Waals surface area contributed by atoms with Gasteiger partial charge in [-0.3, -0.25) is 4.68 Å². The summed E-state index contributed by atoms with van der Waals surface area (Å²) in [5.74, 6) is -1.40. The average Bonchev–Trinajstić information content (AvgIpc) is 3.08. The molecule has 2 aliphatic heterocycles. The fourth-order valence-electron chi connectivity index (χ4n) is 2.65. The largest absolute Gasteiger partial charge is 0.476 e. The van der Waals surface area contributed by atoms with Gasteiger partial charge in [0.1, 0.15) is 0 Å². The predicted molar refractivity (Wildman–Crippen MR) is 67.3 cm³/mol. The molecule has 0 atom stereocenters. The maximum Gasteiger partial charge on any atom is 0.358 e. The molecule has 8 nitrogen and oxygen atoms in total. The zero-order valence-electron chi connectivity index (χ0n) is 11.2. The first kappa shape index (κ1) is 13.5. The maximum atomic E-state index is 10.7.